The number of piperidine rings is 1. The number of rotatable bonds is 7. The lowest BCUT2D eigenvalue weighted by Crippen LogP contribution is -2.61. The number of carbonyl (C=O) groups is 3. The molecule has 1 aliphatic carbocycles. The van der Waals surface area contributed by atoms with E-state index in [2.05, 4.69) is 29.8 Å². The predicted octanol–water partition coefficient (Wildman–Crippen LogP) is 4.48. The smallest absolute Gasteiger partial charge is 0.318 e. The Kier molecular flexibility index (Phi) is 10.5. The number of hydrogen-bond donors (Lipinski definition) is 3. The molecule has 9 heteroatoms. The van der Waals surface area contributed by atoms with Gasteiger partial charge in [-0.15, -0.1) is 0 Å². The molecule has 2 aliphatic heterocycles. The van der Waals surface area contributed by atoms with Gasteiger partial charge in [0, 0.05) is 50.7 Å². The molecule has 234 valence electrons. The summed E-state index contributed by atoms with van der Waals surface area (Å²) < 4.78 is 13.6. The molecule has 3 fully saturated rings. The van der Waals surface area contributed by atoms with Crippen molar-refractivity contribution in [3.05, 3.63) is 35.6 Å². The van der Waals surface area contributed by atoms with Crippen LogP contribution in [0.5, 0.6) is 0 Å². The first-order valence-electron chi connectivity index (χ1n) is 16.0. The number of benzene rings is 1. The molecule has 4 rings (SSSR count). The summed E-state index contributed by atoms with van der Waals surface area (Å²) in [4.78, 5) is 44.9. The van der Waals surface area contributed by atoms with Gasteiger partial charge in [-0.05, 0) is 76.0 Å². The summed E-state index contributed by atoms with van der Waals surface area (Å²) >= 11 is 0. The van der Waals surface area contributed by atoms with Crippen LogP contribution in [-0.4, -0.2) is 78.0 Å². The van der Waals surface area contributed by atoms with Crippen molar-refractivity contribution in [1.29, 1.82) is 0 Å². The highest BCUT2D eigenvalue weighted by molar-refractivity contribution is 5.88. The van der Waals surface area contributed by atoms with E-state index < -0.39 is 11.5 Å². The van der Waals surface area contributed by atoms with Gasteiger partial charge in [-0.2, -0.15) is 0 Å². The normalized spacial score (nSPS) is 22.5. The van der Waals surface area contributed by atoms with Gasteiger partial charge in [-0.25, -0.2) is 9.18 Å². The molecule has 0 spiro atoms. The summed E-state index contributed by atoms with van der Waals surface area (Å²) in [6, 6.07) is 5.28. The van der Waals surface area contributed by atoms with E-state index in [9.17, 15) is 18.8 Å². The Balaban J connectivity index is 1.50. The molecule has 2 saturated heterocycles. The Hall–Kier alpha value is -2.68. The second-order valence-corrected chi connectivity index (χ2v) is 14.1. The van der Waals surface area contributed by atoms with Crippen LogP contribution in [0.3, 0.4) is 0 Å². The van der Waals surface area contributed by atoms with Crippen LogP contribution in [0.4, 0.5) is 9.18 Å². The molecule has 0 unspecified atom stereocenters. The first kappa shape index (κ1) is 32.2. The molecule has 4 amide bonds. The Morgan fingerprint density at radius 1 is 1.00 bits per heavy atom. The van der Waals surface area contributed by atoms with E-state index in [0.717, 1.165) is 31.2 Å². The number of urea groups is 1. The highest BCUT2D eigenvalue weighted by Gasteiger charge is 2.49. The van der Waals surface area contributed by atoms with E-state index in [1.54, 1.807) is 17.0 Å². The number of hydrogen-bond acceptors (Lipinski definition) is 4. The van der Waals surface area contributed by atoms with Crippen molar-refractivity contribution < 1.29 is 18.8 Å². The monoisotopic (exact) mass is 585 g/mol. The summed E-state index contributed by atoms with van der Waals surface area (Å²) in [6.07, 6.45) is 7.13. The van der Waals surface area contributed by atoms with Gasteiger partial charge in [0.1, 0.15) is 11.9 Å². The first-order chi connectivity index (χ1) is 19.9. The molecule has 8 nitrogen and oxygen atoms in total. The largest absolute Gasteiger partial charge is 0.351 e. The van der Waals surface area contributed by atoms with E-state index >= 15 is 0 Å². The van der Waals surface area contributed by atoms with Crippen molar-refractivity contribution in [2.24, 2.45) is 17.3 Å². The highest BCUT2D eigenvalue weighted by atomic mass is 19.1. The van der Waals surface area contributed by atoms with Crippen molar-refractivity contribution in [2.45, 2.75) is 104 Å². The standard InChI is InChI=1S/C33H52FN5O3/c1-23(2)28-22-39(20-17-35-28)31(42)36-27(21-24-11-13-26(34)14-12-24)29(40)38-18-15-33(16-19-38,25-9-7-6-8-10-25)30(41)37-32(3,4)5/h11-14,23,25,27-28,35H,6-10,15-22H2,1-5H3,(H,36,42)(H,37,41)/t27-,28-/m1/s1. The summed E-state index contributed by atoms with van der Waals surface area (Å²) in [7, 11) is 0. The second-order valence-electron chi connectivity index (χ2n) is 14.1. The van der Waals surface area contributed by atoms with Gasteiger partial charge in [0.25, 0.3) is 0 Å². The Morgan fingerprint density at radius 2 is 1.64 bits per heavy atom. The SMILES string of the molecule is CC(C)[C@H]1CN(C(=O)N[C@H](Cc2ccc(F)cc2)C(=O)N2CCC(C(=O)NC(C)(C)C)(C3CCCCC3)CC2)CCN1. The zero-order valence-electron chi connectivity index (χ0n) is 26.3. The lowest BCUT2D eigenvalue weighted by atomic mass is 9.63. The molecule has 3 aliphatic rings. The van der Waals surface area contributed by atoms with Crippen molar-refractivity contribution >= 4 is 17.8 Å². The van der Waals surface area contributed by atoms with Gasteiger partial charge in [0.15, 0.2) is 0 Å². The number of nitrogens with zero attached hydrogens (tertiary/aromatic N) is 2. The molecule has 0 radical (unpaired) electrons. The molecule has 0 aromatic heterocycles. The minimum absolute atomic E-state index is 0.114. The fraction of sp³-hybridized carbons (Fsp3) is 0.727. The summed E-state index contributed by atoms with van der Waals surface area (Å²) in [5.74, 6) is 0.336. The Bertz CT molecular complexity index is 1070. The van der Waals surface area contributed by atoms with Crippen molar-refractivity contribution in [2.75, 3.05) is 32.7 Å². The lowest BCUT2D eigenvalue weighted by molar-refractivity contribution is -0.147. The molecule has 42 heavy (non-hydrogen) atoms. The maximum absolute atomic E-state index is 14.1. The van der Waals surface area contributed by atoms with Gasteiger partial charge in [0.2, 0.25) is 11.8 Å². The van der Waals surface area contributed by atoms with Gasteiger partial charge in [0.05, 0.1) is 5.41 Å². The molecule has 2 heterocycles. The molecule has 1 aromatic carbocycles. The zero-order chi connectivity index (χ0) is 30.5. The minimum atomic E-state index is -0.777. The summed E-state index contributed by atoms with van der Waals surface area (Å²) in [5, 5.41) is 9.77. The molecular weight excluding hydrogens is 533 g/mol. The number of carbonyl (C=O) groups excluding carboxylic acids is 3. The van der Waals surface area contributed by atoms with Crippen LogP contribution in [-0.2, 0) is 16.0 Å². The van der Waals surface area contributed by atoms with Crippen LogP contribution in [0.25, 0.3) is 0 Å². The topological polar surface area (TPSA) is 93.8 Å². The van der Waals surface area contributed by atoms with E-state index in [4.69, 9.17) is 0 Å². The Morgan fingerprint density at radius 3 is 2.24 bits per heavy atom. The van der Waals surface area contributed by atoms with Crippen molar-refractivity contribution in [3.8, 4) is 0 Å². The van der Waals surface area contributed by atoms with Crippen LogP contribution >= 0.6 is 0 Å². The number of halogens is 1. The van der Waals surface area contributed by atoms with E-state index in [1.165, 1.54) is 18.6 Å². The van der Waals surface area contributed by atoms with Crippen LogP contribution in [0, 0.1) is 23.1 Å². The van der Waals surface area contributed by atoms with Crippen LogP contribution in [0.2, 0.25) is 0 Å². The highest BCUT2D eigenvalue weighted by Crippen LogP contribution is 2.46. The van der Waals surface area contributed by atoms with Gasteiger partial charge in [-0.3, -0.25) is 9.59 Å². The molecule has 0 bridgehead atoms. The average molecular weight is 586 g/mol. The predicted molar refractivity (Wildman–Crippen MR) is 163 cm³/mol. The van der Waals surface area contributed by atoms with Crippen molar-refractivity contribution in [3.63, 3.8) is 0 Å². The third-order valence-corrected chi connectivity index (χ3v) is 9.54. The Labute approximate surface area is 251 Å². The van der Waals surface area contributed by atoms with E-state index in [0.29, 0.717) is 57.4 Å². The van der Waals surface area contributed by atoms with Crippen LogP contribution < -0.4 is 16.0 Å². The molecule has 1 saturated carbocycles. The van der Waals surface area contributed by atoms with Crippen molar-refractivity contribution in [1.82, 2.24) is 25.8 Å². The van der Waals surface area contributed by atoms with Crippen LogP contribution in [0.1, 0.15) is 85.1 Å². The first-order valence-corrected chi connectivity index (χ1v) is 16.0. The summed E-state index contributed by atoms with van der Waals surface area (Å²) in [6.45, 7) is 13.1. The molecule has 1 aromatic rings. The summed E-state index contributed by atoms with van der Waals surface area (Å²) in [5.41, 5.74) is -0.0183. The third kappa shape index (κ3) is 8.03. The number of likely N-dealkylation sites (tertiary alicyclic amines) is 1. The zero-order valence-corrected chi connectivity index (χ0v) is 26.3. The molecule has 3 N–H and O–H groups in total. The second kappa shape index (κ2) is 13.7. The quantitative estimate of drug-likeness (QED) is 0.440. The van der Waals surface area contributed by atoms with Gasteiger partial charge >= 0.3 is 6.03 Å². The average Bonchev–Trinajstić information content (AvgIpc) is 2.97. The fourth-order valence-electron chi connectivity index (χ4n) is 6.99. The van der Waals surface area contributed by atoms with Gasteiger partial charge < -0.3 is 25.8 Å². The number of nitrogens with one attached hydrogen (secondary N) is 3. The maximum atomic E-state index is 14.1. The van der Waals surface area contributed by atoms with Gasteiger partial charge in [-0.1, -0.05) is 45.2 Å². The minimum Gasteiger partial charge on any atom is -0.351 e. The third-order valence-electron chi connectivity index (χ3n) is 9.54. The lowest BCUT2D eigenvalue weighted by Gasteiger charge is -2.48. The molecule has 2 atom stereocenters. The number of piperazine rings is 1. The van der Waals surface area contributed by atoms with Crippen LogP contribution in [0.15, 0.2) is 24.3 Å². The van der Waals surface area contributed by atoms with E-state index in [1.807, 2.05) is 25.7 Å². The molecular formula is C33H52FN5O3. The van der Waals surface area contributed by atoms with E-state index in [-0.39, 0.29) is 41.7 Å². The number of amides is 4. The maximum Gasteiger partial charge on any atom is 0.318 e. The fourth-order valence-corrected chi connectivity index (χ4v) is 6.99.